The molecular formula is C13H22N4O. The second-order valence-electron chi connectivity index (χ2n) is 6.42. The van der Waals surface area contributed by atoms with Crippen molar-refractivity contribution in [1.29, 1.82) is 0 Å². The van der Waals surface area contributed by atoms with Gasteiger partial charge in [-0.05, 0) is 40.0 Å². The van der Waals surface area contributed by atoms with Crippen LogP contribution in [-0.4, -0.2) is 33.2 Å². The molecule has 3 heterocycles. The van der Waals surface area contributed by atoms with E-state index in [9.17, 15) is 0 Å². The van der Waals surface area contributed by atoms with Gasteiger partial charge in [0.2, 0.25) is 0 Å². The molecule has 5 heteroatoms. The third-order valence-corrected chi connectivity index (χ3v) is 3.88. The molecule has 2 bridgehead atoms. The van der Waals surface area contributed by atoms with Gasteiger partial charge in [-0.25, -0.2) is 4.68 Å². The highest BCUT2D eigenvalue weighted by molar-refractivity contribution is 4.98. The molecule has 0 aliphatic carbocycles. The number of aromatic nitrogens is 3. The first-order valence-electron chi connectivity index (χ1n) is 6.83. The maximum Gasteiger partial charge on any atom is 0.0965 e. The van der Waals surface area contributed by atoms with Gasteiger partial charge in [0.15, 0.2) is 0 Å². The molecule has 18 heavy (non-hydrogen) atoms. The van der Waals surface area contributed by atoms with E-state index in [0.717, 1.165) is 18.7 Å². The summed E-state index contributed by atoms with van der Waals surface area (Å²) in [7, 11) is 0. The molecule has 2 fully saturated rings. The molecule has 1 N–H and O–H groups in total. The van der Waals surface area contributed by atoms with Gasteiger partial charge in [0.25, 0.3) is 0 Å². The largest absolute Gasteiger partial charge is 0.373 e. The van der Waals surface area contributed by atoms with Crippen molar-refractivity contribution < 1.29 is 4.74 Å². The van der Waals surface area contributed by atoms with Gasteiger partial charge in [-0.15, -0.1) is 5.10 Å². The Kier molecular flexibility index (Phi) is 2.90. The molecule has 0 radical (unpaired) electrons. The lowest BCUT2D eigenvalue weighted by Crippen LogP contribution is -2.37. The van der Waals surface area contributed by atoms with Gasteiger partial charge < -0.3 is 10.1 Å². The molecule has 2 saturated heterocycles. The lowest BCUT2D eigenvalue weighted by Gasteiger charge is -2.19. The van der Waals surface area contributed by atoms with Crippen molar-refractivity contribution in [3.63, 3.8) is 0 Å². The molecule has 2 aliphatic heterocycles. The molecule has 0 aromatic carbocycles. The van der Waals surface area contributed by atoms with Crippen molar-refractivity contribution in [3.8, 4) is 0 Å². The highest BCUT2D eigenvalue weighted by atomic mass is 16.5. The van der Waals surface area contributed by atoms with Crippen molar-refractivity contribution >= 4 is 0 Å². The molecule has 5 nitrogen and oxygen atoms in total. The Morgan fingerprint density at radius 1 is 1.44 bits per heavy atom. The van der Waals surface area contributed by atoms with E-state index in [1.807, 2.05) is 10.9 Å². The van der Waals surface area contributed by atoms with Crippen LogP contribution in [0.4, 0.5) is 0 Å². The van der Waals surface area contributed by atoms with Crippen molar-refractivity contribution in [2.75, 3.05) is 0 Å². The number of ether oxygens (including phenoxy) is 1. The lowest BCUT2D eigenvalue weighted by molar-refractivity contribution is 0.0972. The van der Waals surface area contributed by atoms with E-state index in [1.165, 1.54) is 12.8 Å². The number of nitrogens with zero attached hydrogens (tertiary/aromatic N) is 3. The van der Waals surface area contributed by atoms with E-state index in [0.29, 0.717) is 18.2 Å². The van der Waals surface area contributed by atoms with Crippen LogP contribution in [-0.2, 0) is 16.8 Å². The first kappa shape index (κ1) is 12.1. The summed E-state index contributed by atoms with van der Waals surface area (Å²) in [4.78, 5) is 0. The normalized spacial score (nSPS) is 31.2. The zero-order chi connectivity index (χ0) is 12.8. The maximum atomic E-state index is 5.83. The van der Waals surface area contributed by atoms with Crippen molar-refractivity contribution in [1.82, 2.24) is 20.3 Å². The molecular weight excluding hydrogens is 228 g/mol. The topological polar surface area (TPSA) is 52.0 Å². The summed E-state index contributed by atoms with van der Waals surface area (Å²) in [5, 5.41) is 11.9. The molecule has 0 saturated carbocycles. The van der Waals surface area contributed by atoms with Gasteiger partial charge >= 0.3 is 0 Å². The zero-order valence-corrected chi connectivity index (χ0v) is 11.4. The fourth-order valence-corrected chi connectivity index (χ4v) is 2.80. The number of rotatable bonds is 3. The number of hydrogen-bond acceptors (Lipinski definition) is 4. The van der Waals surface area contributed by atoms with Gasteiger partial charge in [-0.3, -0.25) is 0 Å². The summed E-state index contributed by atoms with van der Waals surface area (Å²) in [5.74, 6) is 0. The Labute approximate surface area is 108 Å². The minimum atomic E-state index is 0.000781. The smallest absolute Gasteiger partial charge is 0.0965 e. The lowest BCUT2D eigenvalue weighted by atomic mass is 9.95. The Morgan fingerprint density at radius 2 is 2.28 bits per heavy atom. The first-order valence-corrected chi connectivity index (χ1v) is 6.83. The fourth-order valence-electron chi connectivity index (χ4n) is 2.80. The monoisotopic (exact) mass is 250 g/mol. The molecule has 100 valence electrons. The molecule has 3 rings (SSSR count). The minimum Gasteiger partial charge on any atom is -0.373 e. The Hall–Kier alpha value is -0.940. The quantitative estimate of drug-likeness (QED) is 0.882. The third-order valence-electron chi connectivity index (χ3n) is 3.88. The van der Waals surface area contributed by atoms with E-state index < -0.39 is 0 Å². The molecule has 0 spiro atoms. The van der Waals surface area contributed by atoms with Gasteiger partial charge in [0.1, 0.15) is 0 Å². The van der Waals surface area contributed by atoms with E-state index in [2.05, 4.69) is 36.4 Å². The second-order valence-corrected chi connectivity index (χ2v) is 6.42. The highest BCUT2D eigenvalue weighted by Crippen LogP contribution is 2.34. The van der Waals surface area contributed by atoms with Crippen LogP contribution in [0.2, 0.25) is 0 Å². The van der Waals surface area contributed by atoms with Crippen LogP contribution in [0.5, 0.6) is 0 Å². The molecule has 1 aromatic rings. The van der Waals surface area contributed by atoms with E-state index >= 15 is 0 Å². The van der Waals surface area contributed by atoms with Crippen LogP contribution in [0, 0.1) is 0 Å². The average molecular weight is 250 g/mol. The number of hydrogen-bond donors (Lipinski definition) is 1. The van der Waals surface area contributed by atoms with Crippen LogP contribution >= 0.6 is 0 Å². The molecule has 3 unspecified atom stereocenters. The summed E-state index contributed by atoms with van der Waals surface area (Å²) >= 11 is 0. The molecule has 2 aliphatic rings. The fraction of sp³-hybridized carbons (Fsp3) is 0.846. The second kappa shape index (κ2) is 4.31. The SMILES string of the molecule is CC(C)(C)n1cc(CNC2CC3CCC2O3)nn1. The van der Waals surface area contributed by atoms with E-state index in [4.69, 9.17) is 4.74 Å². The molecule has 3 atom stereocenters. The Balaban J connectivity index is 1.56. The standard InChI is InChI=1S/C13H22N4O/c1-13(2,3)17-8-9(15-16-17)7-14-11-6-10-4-5-12(11)18-10/h8,10-12,14H,4-7H2,1-3H3. The summed E-state index contributed by atoms with van der Waals surface area (Å²) < 4.78 is 7.75. The average Bonchev–Trinajstić information content (AvgIpc) is 3.01. The first-order chi connectivity index (χ1) is 8.52. The number of nitrogens with one attached hydrogen (secondary N) is 1. The zero-order valence-electron chi connectivity index (χ0n) is 11.4. The predicted molar refractivity (Wildman–Crippen MR) is 68.2 cm³/mol. The highest BCUT2D eigenvalue weighted by Gasteiger charge is 2.40. The number of fused-ring (bicyclic) bond motifs is 2. The molecule has 0 amide bonds. The van der Waals surface area contributed by atoms with E-state index in [1.54, 1.807) is 0 Å². The summed E-state index contributed by atoms with van der Waals surface area (Å²) in [6.45, 7) is 7.17. The molecule has 1 aromatic heterocycles. The Bertz CT molecular complexity index is 423. The Morgan fingerprint density at radius 3 is 2.83 bits per heavy atom. The van der Waals surface area contributed by atoms with Crippen molar-refractivity contribution in [2.24, 2.45) is 0 Å². The van der Waals surface area contributed by atoms with Gasteiger partial charge in [-0.2, -0.15) is 0 Å². The van der Waals surface area contributed by atoms with Crippen LogP contribution < -0.4 is 5.32 Å². The maximum absolute atomic E-state index is 5.83. The van der Waals surface area contributed by atoms with Gasteiger partial charge in [0, 0.05) is 12.6 Å². The summed E-state index contributed by atoms with van der Waals surface area (Å²) in [6.07, 6.45) is 6.55. The predicted octanol–water partition coefficient (Wildman–Crippen LogP) is 1.44. The van der Waals surface area contributed by atoms with Crippen molar-refractivity contribution in [2.45, 2.75) is 70.4 Å². The third kappa shape index (κ3) is 2.29. The summed E-state index contributed by atoms with van der Waals surface area (Å²) in [6, 6.07) is 0.503. The van der Waals surface area contributed by atoms with Gasteiger partial charge in [0.05, 0.1) is 29.6 Å². The van der Waals surface area contributed by atoms with Crippen LogP contribution in [0.3, 0.4) is 0 Å². The van der Waals surface area contributed by atoms with Gasteiger partial charge in [-0.1, -0.05) is 5.21 Å². The van der Waals surface area contributed by atoms with E-state index in [-0.39, 0.29) is 5.54 Å². The van der Waals surface area contributed by atoms with Crippen molar-refractivity contribution in [3.05, 3.63) is 11.9 Å². The van der Waals surface area contributed by atoms with Crippen LogP contribution in [0.25, 0.3) is 0 Å². The van der Waals surface area contributed by atoms with Crippen LogP contribution in [0.15, 0.2) is 6.20 Å². The summed E-state index contributed by atoms with van der Waals surface area (Å²) in [5.41, 5.74) is 1.01. The van der Waals surface area contributed by atoms with Crippen LogP contribution in [0.1, 0.15) is 45.7 Å². The minimum absolute atomic E-state index is 0.000781.